The van der Waals surface area contributed by atoms with Gasteiger partial charge in [-0.25, -0.2) is 9.37 Å². The maximum atomic E-state index is 14.5. The summed E-state index contributed by atoms with van der Waals surface area (Å²) in [5.41, 5.74) is 0.465. The summed E-state index contributed by atoms with van der Waals surface area (Å²) >= 11 is 6.34. The number of aromatic nitrogens is 2. The van der Waals surface area contributed by atoms with Crippen LogP contribution in [0.3, 0.4) is 0 Å². The molecular formula is C22H31ClFN5O2. The van der Waals surface area contributed by atoms with Gasteiger partial charge < -0.3 is 20.1 Å². The van der Waals surface area contributed by atoms with Crippen LogP contribution in [0, 0.1) is 5.82 Å². The molecule has 2 N–H and O–H groups in total. The molecule has 0 amide bonds. The Hall–Kier alpha value is -2.32. The lowest BCUT2D eigenvalue weighted by Crippen LogP contribution is -2.61. The summed E-state index contributed by atoms with van der Waals surface area (Å²) in [6, 6.07) is 3.39. The SMILES string of the molecule is COc1cc(Cl)c(Nc2ncc(F)c(NC3CC(C)(C)N(C)C(C)(C)C3)n2)cc1OC. The molecule has 2 aromatic rings. The molecule has 1 aromatic carbocycles. The molecule has 1 aliphatic rings. The van der Waals surface area contributed by atoms with Gasteiger partial charge >= 0.3 is 0 Å². The zero-order valence-electron chi connectivity index (χ0n) is 19.1. The van der Waals surface area contributed by atoms with Gasteiger partial charge in [-0.05, 0) is 47.6 Å². The third kappa shape index (κ3) is 4.96. The van der Waals surface area contributed by atoms with Gasteiger partial charge in [-0.2, -0.15) is 4.98 Å². The van der Waals surface area contributed by atoms with Gasteiger partial charge in [-0.15, -0.1) is 0 Å². The van der Waals surface area contributed by atoms with Gasteiger partial charge in [0.05, 0.1) is 31.1 Å². The Kier molecular flexibility index (Phi) is 6.53. The van der Waals surface area contributed by atoms with Crippen LogP contribution in [-0.4, -0.2) is 53.3 Å². The molecule has 31 heavy (non-hydrogen) atoms. The fourth-order valence-corrected chi connectivity index (χ4v) is 4.47. The number of methoxy groups -OCH3 is 2. The third-order valence-corrected chi connectivity index (χ3v) is 6.43. The van der Waals surface area contributed by atoms with Crippen LogP contribution in [0.4, 0.5) is 21.8 Å². The highest BCUT2D eigenvalue weighted by atomic mass is 35.5. The molecule has 0 radical (unpaired) electrons. The number of likely N-dealkylation sites (tertiary alicyclic amines) is 1. The normalized spacial score (nSPS) is 18.5. The van der Waals surface area contributed by atoms with Crippen molar-refractivity contribution in [2.45, 2.75) is 57.7 Å². The minimum Gasteiger partial charge on any atom is -0.493 e. The summed E-state index contributed by atoms with van der Waals surface area (Å²) < 4.78 is 25.1. The van der Waals surface area contributed by atoms with Crippen molar-refractivity contribution in [3.05, 3.63) is 29.2 Å². The van der Waals surface area contributed by atoms with Crippen molar-refractivity contribution in [2.75, 3.05) is 31.9 Å². The Labute approximate surface area is 188 Å². The van der Waals surface area contributed by atoms with Crippen LogP contribution in [0.15, 0.2) is 18.3 Å². The zero-order valence-corrected chi connectivity index (χ0v) is 19.9. The molecule has 1 fully saturated rings. The van der Waals surface area contributed by atoms with E-state index in [4.69, 9.17) is 21.1 Å². The minimum atomic E-state index is -0.501. The van der Waals surface area contributed by atoms with E-state index in [0.29, 0.717) is 22.2 Å². The molecule has 0 atom stereocenters. The van der Waals surface area contributed by atoms with E-state index in [2.05, 4.69) is 60.2 Å². The number of hydrogen-bond donors (Lipinski definition) is 2. The molecule has 1 aliphatic heterocycles. The number of benzene rings is 1. The molecule has 0 bridgehead atoms. The fraction of sp³-hybridized carbons (Fsp3) is 0.545. The third-order valence-electron chi connectivity index (χ3n) is 6.11. The van der Waals surface area contributed by atoms with Crippen molar-refractivity contribution in [3.8, 4) is 11.5 Å². The molecule has 3 rings (SSSR count). The topological polar surface area (TPSA) is 71.5 Å². The maximum absolute atomic E-state index is 14.5. The van der Waals surface area contributed by atoms with Crippen LogP contribution in [0.2, 0.25) is 5.02 Å². The van der Waals surface area contributed by atoms with E-state index >= 15 is 0 Å². The number of ether oxygens (including phenoxy) is 2. The predicted octanol–water partition coefficient (Wildman–Crippen LogP) is 5.09. The average molecular weight is 452 g/mol. The van der Waals surface area contributed by atoms with E-state index in [0.717, 1.165) is 19.0 Å². The Morgan fingerprint density at radius 2 is 1.68 bits per heavy atom. The first-order valence-electron chi connectivity index (χ1n) is 10.2. The second kappa shape index (κ2) is 8.67. The number of hydrogen-bond acceptors (Lipinski definition) is 7. The molecule has 1 aromatic heterocycles. The second-order valence-electron chi connectivity index (χ2n) is 9.14. The highest BCUT2D eigenvalue weighted by Gasteiger charge is 2.43. The largest absolute Gasteiger partial charge is 0.493 e. The zero-order chi connectivity index (χ0) is 23.0. The van der Waals surface area contributed by atoms with Gasteiger partial charge in [0.2, 0.25) is 5.95 Å². The van der Waals surface area contributed by atoms with Crippen molar-refractivity contribution >= 4 is 29.1 Å². The van der Waals surface area contributed by atoms with Crippen LogP contribution >= 0.6 is 11.6 Å². The molecule has 2 heterocycles. The Bertz CT molecular complexity index is 936. The van der Waals surface area contributed by atoms with Crippen molar-refractivity contribution in [1.29, 1.82) is 0 Å². The lowest BCUT2D eigenvalue weighted by Gasteiger charge is -2.53. The van der Waals surface area contributed by atoms with E-state index in [1.807, 2.05) is 0 Å². The van der Waals surface area contributed by atoms with E-state index in [-0.39, 0.29) is 28.9 Å². The summed E-state index contributed by atoms with van der Waals surface area (Å²) in [5.74, 6) is 0.900. The summed E-state index contributed by atoms with van der Waals surface area (Å²) in [4.78, 5) is 10.8. The molecule has 9 heteroatoms. The predicted molar refractivity (Wildman–Crippen MR) is 122 cm³/mol. The summed E-state index contributed by atoms with van der Waals surface area (Å²) in [6.07, 6.45) is 2.87. The first-order valence-corrected chi connectivity index (χ1v) is 10.6. The monoisotopic (exact) mass is 451 g/mol. The Balaban J connectivity index is 1.83. The van der Waals surface area contributed by atoms with Gasteiger partial charge in [0.25, 0.3) is 0 Å². The van der Waals surface area contributed by atoms with Gasteiger partial charge in [0, 0.05) is 29.3 Å². The number of rotatable bonds is 6. The van der Waals surface area contributed by atoms with E-state index in [1.165, 1.54) is 14.2 Å². The average Bonchev–Trinajstić information content (AvgIpc) is 2.69. The van der Waals surface area contributed by atoms with Gasteiger partial charge in [-0.1, -0.05) is 11.6 Å². The molecular weight excluding hydrogens is 421 g/mol. The van der Waals surface area contributed by atoms with Crippen molar-refractivity contribution < 1.29 is 13.9 Å². The van der Waals surface area contributed by atoms with Crippen molar-refractivity contribution in [2.24, 2.45) is 0 Å². The minimum absolute atomic E-state index is 0.0306. The fourth-order valence-electron chi connectivity index (χ4n) is 4.27. The quantitative estimate of drug-likeness (QED) is 0.633. The van der Waals surface area contributed by atoms with E-state index in [1.54, 1.807) is 12.1 Å². The van der Waals surface area contributed by atoms with Gasteiger partial charge in [0.1, 0.15) is 0 Å². The lowest BCUT2D eigenvalue weighted by molar-refractivity contribution is -0.00778. The van der Waals surface area contributed by atoms with E-state index in [9.17, 15) is 4.39 Å². The van der Waals surface area contributed by atoms with Crippen molar-refractivity contribution in [3.63, 3.8) is 0 Å². The highest BCUT2D eigenvalue weighted by Crippen LogP contribution is 2.39. The molecule has 7 nitrogen and oxygen atoms in total. The Morgan fingerprint density at radius 3 is 2.26 bits per heavy atom. The van der Waals surface area contributed by atoms with Crippen LogP contribution in [-0.2, 0) is 0 Å². The van der Waals surface area contributed by atoms with Crippen LogP contribution < -0.4 is 20.1 Å². The number of anilines is 3. The first-order chi connectivity index (χ1) is 14.5. The van der Waals surface area contributed by atoms with Gasteiger partial charge in [0.15, 0.2) is 23.1 Å². The van der Waals surface area contributed by atoms with Crippen molar-refractivity contribution in [1.82, 2.24) is 14.9 Å². The van der Waals surface area contributed by atoms with E-state index < -0.39 is 5.82 Å². The second-order valence-corrected chi connectivity index (χ2v) is 9.54. The number of halogens is 2. The van der Waals surface area contributed by atoms with Gasteiger partial charge in [-0.3, -0.25) is 4.90 Å². The molecule has 1 saturated heterocycles. The lowest BCUT2D eigenvalue weighted by atomic mass is 9.77. The highest BCUT2D eigenvalue weighted by molar-refractivity contribution is 6.33. The maximum Gasteiger partial charge on any atom is 0.229 e. The molecule has 0 spiro atoms. The molecule has 0 saturated carbocycles. The number of piperidine rings is 1. The molecule has 0 aliphatic carbocycles. The standard InChI is InChI=1S/C22H31ClFN5O2/c1-21(2)10-13(11-22(3,4)29(21)5)26-19-15(24)12-25-20(28-19)27-16-9-18(31-7)17(30-6)8-14(16)23/h8-9,12-13H,10-11H2,1-7H3,(H2,25,26,27,28). The number of nitrogens with zero attached hydrogens (tertiary/aromatic N) is 3. The first kappa shape index (κ1) is 23.3. The van der Waals surface area contributed by atoms with Crippen LogP contribution in [0.5, 0.6) is 11.5 Å². The molecule has 0 unspecified atom stereocenters. The Morgan fingerprint density at radius 1 is 1.10 bits per heavy atom. The smallest absolute Gasteiger partial charge is 0.229 e. The summed E-state index contributed by atoms with van der Waals surface area (Å²) in [7, 11) is 5.21. The molecule has 170 valence electrons. The van der Waals surface area contributed by atoms with Crippen LogP contribution in [0.1, 0.15) is 40.5 Å². The number of nitrogens with one attached hydrogen (secondary N) is 2. The van der Waals surface area contributed by atoms with Crippen LogP contribution in [0.25, 0.3) is 0 Å². The summed E-state index contributed by atoms with van der Waals surface area (Å²) in [5, 5.41) is 6.73. The summed E-state index contributed by atoms with van der Waals surface area (Å²) in [6.45, 7) is 8.80.